The largest absolute Gasteiger partial charge is 0.756 e. The molecule has 83 heavy (non-hydrogen) atoms. The Morgan fingerprint density at radius 1 is 0.410 bits per heavy atom. The van der Waals surface area contributed by atoms with Crippen LogP contribution >= 0.6 is 7.82 Å². The highest BCUT2D eigenvalue weighted by Gasteiger charge is 2.23. The molecule has 0 aliphatic carbocycles. The highest BCUT2D eigenvalue weighted by Crippen LogP contribution is 2.38. The summed E-state index contributed by atoms with van der Waals surface area (Å²) in [4.78, 5) is 25.6. The summed E-state index contributed by atoms with van der Waals surface area (Å²) in [6.45, 7) is 4.69. The third-order valence-electron chi connectivity index (χ3n) is 17.1. The number of carbonyl (C=O) groups is 1. The van der Waals surface area contributed by atoms with Crippen molar-refractivity contribution in [1.82, 2.24) is 5.32 Å². The smallest absolute Gasteiger partial charge is 0.268 e. The van der Waals surface area contributed by atoms with E-state index >= 15 is 0 Å². The van der Waals surface area contributed by atoms with E-state index in [0.717, 1.165) is 44.9 Å². The van der Waals surface area contributed by atoms with Crippen LogP contribution in [0.25, 0.3) is 0 Å². The van der Waals surface area contributed by atoms with Crippen LogP contribution in [-0.2, 0) is 18.4 Å². The molecule has 0 saturated heterocycles. The Hall–Kier alpha value is -1.28. The molecule has 0 spiro atoms. The highest BCUT2D eigenvalue weighted by molar-refractivity contribution is 7.45. The zero-order chi connectivity index (χ0) is 60.5. The van der Waals surface area contributed by atoms with Crippen LogP contribution in [0.1, 0.15) is 380 Å². The number of nitrogens with zero attached hydrogens (tertiary/aromatic N) is 1. The van der Waals surface area contributed by atoms with Gasteiger partial charge in [-0.05, 0) is 44.9 Å². The van der Waals surface area contributed by atoms with Gasteiger partial charge in [-0.2, -0.15) is 0 Å². The number of phosphoric ester groups is 1. The van der Waals surface area contributed by atoms with E-state index in [4.69, 9.17) is 9.05 Å². The average Bonchev–Trinajstić information content (AvgIpc) is 3.49. The van der Waals surface area contributed by atoms with Crippen molar-refractivity contribution in [2.75, 3.05) is 40.9 Å². The van der Waals surface area contributed by atoms with Crippen LogP contribution in [0.3, 0.4) is 0 Å². The second kappa shape index (κ2) is 65.2. The summed E-state index contributed by atoms with van der Waals surface area (Å²) in [5, 5.41) is 14.0. The molecule has 9 heteroatoms. The fourth-order valence-electron chi connectivity index (χ4n) is 11.4. The molecule has 0 rings (SSSR count). The molecule has 0 aliphatic rings. The molecular formula is C74H145N2O6P. The number of unbranched alkanes of at least 4 members (excludes halogenated alkanes) is 52. The Morgan fingerprint density at radius 3 is 0.976 bits per heavy atom. The zero-order valence-electron chi connectivity index (χ0n) is 56.4. The fourth-order valence-corrected chi connectivity index (χ4v) is 12.1. The van der Waals surface area contributed by atoms with E-state index in [1.54, 1.807) is 6.08 Å². The number of hydrogen-bond donors (Lipinski definition) is 2. The molecule has 0 aromatic carbocycles. The van der Waals surface area contributed by atoms with Crippen molar-refractivity contribution in [3.05, 3.63) is 36.5 Å². The number of phosphoric acid groups is 1. The van der Waals surface area contributed by atoms with E-state index in [1.807, 2.05) is 27.2 Å². The number of allylic oxidation sites excluding steroid dienone is 5. The molecule has 0 bridgehead atoms. The molecule has 3 unspecified atom stereocenters. The first kappa shape index (κ1) is 81.7. The Bertz CT molecular complexity index is 1450. The molecule has 0 saturated carbocycles. The van der Waals surface area contributed by atoms with Gasteiger partial charge in [-0.1, -0.05) is 365 Å². The number of nitrogens with one attached hydrogen (secondary N) is 1. The van der Waals surface area contributed by atoms with Crippen LogP contribution in [0.2, 0.25) is 0 Å². The van der Waals surface area contributed by atoms with E-state index in [9.17, 15) is 19.4 Å². The minimum absolute atomic E-state index is 0.00701. The SMILES string of the molecule is CCCCCCCCCCCCCCCCCCCCCC/C=C/CC/C=C/CC/C=C/C(O)C(COP(=O)([O-])OCC[N+](C)(C)C)NC(=O)CCCCCCCCCCCCCCCCCCCCCCCCCCCCCCCCC. The van der Waals surface area contributed by atoms with Gasteiger partial charge in [0.1, 0.15) is 13.2 Å². The van der Waals surface area contributed by atoms with E-state index < -0.39 is 26.6 Å². The lowest BCUT2D eigenvalue weighted by atomic mass is 10.0. The number of rotatable bonds is 69. The fraction of sp³-hybridized carbons (Fsp3) is 0.905. The highest BCUT2D eigenvalue weighted by atomic mass is 31.2. The molecule has 0 fully saturated rings. The van der Waals surface area contributed by atoms with E-state index in [0.29, 0.717) is 17.4 Å². The summed E-state index contributed by atoms with van der Waals surface area (Å²) in [5.41, 5.74) is 0. The summed E-state index contributed by atoms with van der Waals surface area (Å²) >= 11 is 0. The summed E-state index contributed by atoms with van der Waals surface area (Å²) in [5.74, 6) is -0.203. The molecule has 1 amide bonds. The summed E-state index contributed by atoms with van der Waals surface area (Å²) in [6.07, 6.45) is 87.3. The molecule has 8 nitrogen and oxygen atoms in total. The van der Waals surface area contributed by atoms with Gasteiger partial charge >= 0.3 is 0 Å². The lowest BCUT2D eigenvalue weighted by Gasteiger charge is -2.29. The molecule has 0 aromatic heterocycles. The molecule has 2 N–H and O–H groups in total. The van der Waals surface area contributed by atoms with Crippen molar-refractivity contribution in [2.45, 2.75) is 392 Å². The number of likely N-dealkylation sites (N-methyl/N-ethyl adjacent to an activating group) is 1. The number of hydrogen-bond acceptors (Lipinski definition) is 6. The molecule has 0 aromatic rings. The number of amides is 1. The first-order valence-electron chi connectivity index (χ1n) is 36.9. The molecular weight excluding hydrogens is 1040 g/mol. The van der Waals surface area contributed by atoms with Crippen LogP contribution in [0.4, 0.5) is 0 Å². The minimum atomic E-state index is -4.62. The molecule has 0 radical (unpaired) electrons. The quantitative estimate of drug-likeness (QED) is 0.0272. The van der Waals surface area contributed by atoms with Crippen molar-refractivity contribution < 1.29 is 32.9 Å². The molecule has 0 aliphatic heterocycles. The lowest BCUT2D eigenvalue weighted by molar-refractivity contribution is -0.870. The van der Waals surface area contributed by atoms with Crippen LogP contribution in [0.5, 0.6) is 0 Å². The van der Waals surface area contributed by atoms with Crippen molar-refractivity contribution in [3.8, 4) is 0 Å². The predicted molar refractivity (Wildman–Crippen MR) is 362 cm³/mol. The van der Waals surface area contributed by atoms with Gasteiger partial charge in [0.15, 0.2) is 0 Å². The molecule has 492 valence electrons. The maximum Gasteiger partial charge on any atom is 0.268 e. The zero-order valence-corrected chi connectivity index (χ0v) is 57.3. The second-order valence-electron chi connectivity index (χ2n) is 26.6. The Labute approximate surface area is 518 Å². The van der Waals surface area contributed by atoms with Crippen molar-refractivity contribution in [3.63, 3.8) is 0 Å². The summed E-state index contributed by atoms with van der Waals surface area (Å²) in [7, 11) is 1.25. The predicted octanol–water partition coefficient (Wildman–Crippen LogP) is 23.0. The van der Waals surface area contributed by atoms with E-state index in [2.05, 4.69) is 43.5 Å². The summed E-state index contributed by atoms with van der Waals surface area (Å²) in [6, 6.07) is -0.910. The van der Waals surface area contributed by atoms with Gasteiger partial charge < -0.3 is 28.8 Å². The topological polar surface area (TPSA) is 108 Å². The van der Waals surface area contributed by atoms with Gasteiger partial charge in [0, 0.05) is 6.42 Å². The maximum absolute atomic E-state index is 13.0. The van der Waals surface area contributed by atoms with Crippen LogP contribution in [0.15, 0.2) is 36.5 Å². The van der Waals surface area contributed by atoms with Crippen molar-refractivity contribution >= 4 is 13.7 Å². The summed E-state index contributed by atoms with van der Waals surface area (Å²) < 4.78 is 23.5. The van der Waals surface area contributed by atoms with Crippen LogP contribution < -0.4 is 10.2 Å². The van der Waals surface area contributed by atoms with Crippen molar-refractivity contribution in [1.29, 1.82) is 0 Å². The van der Waals surface area contributed by atoms with Crippen LogP contribution in [0, 0.1) is 0 Å². The number of aliphatic hydroxyl groups excluding tert-OH is 1. The first-order valence-corrected chi connectivity index (χ1v) is 38.3. The third kappa shape index (κ3) is 68.1. The van der Waals surface area contributed by atoms with Gasteiger partial charge in [-0.15, -0.1) is 0 Å². The Kier molecular flexibility index (Phi) is 64.2. The monoisotopic (exact) mass is 1190 g/mol. The number of quaternary nitrogens is 1. The Morgan fingerprint density at radius 2 is 0.675 bits per heavy atom. The number of carbonyl (C=O) groups excluding carboxylic acids is 1. The third-order valence-corrected chi connectivity index (χ3v) is 18.0. The van der Waals surface area contributed by atoms with E-state index in [1.165, 1.54) is 315 Å². The van der Waals surface area contributed by atoms with Gasteiger partial charge in [0.2, 0.25) is 5.91 Å². The van der Waals surface area contributed by atoms with Gasteiger partial charge in [-0.25, -0.2) is 0 Å². The van der Waals surface area contributed by atoms with Gasteiger partial charge in [0.25, 0.3) is 7.82 Å². The molecule has 0 heterocycles. The maximum atomic E-state index is 13.0. The lowest BCUT2D eigenvalue weighted by Crippen LogP contribution is -2.45. The van der Waals surface area contributed by atoms with Crippen LogP contribution in [-0.4, -0.2) is 68.5 Å². The normalized spacial score (nSPS) is 13.8. The first-order chi connectivity index (χ1) is 40.5. The van der Waals surface area contributed by atoms with Gasteiger partial charge in [-0.3, -0.25) is 9.36 Å². The number of aliphatic hydroxyl groups is 1. The Balaban J connectivity index is 4.06. The minimum Gasteiger partial charge on any atom is -0.756 e. The standard InChI is InChI=1S/C74H145N2O6P/c1-6-8-10-12-14-16-18-20-22-24-26-28-30-32-34-36-38-40-42-44-46-48-50-52-54-56-58-60-62-64-66-68-74(78)75-72(71-82-83(79,80)81-70-69-76(3,4)5)73(77)67-65-63-61-59-57-55-53-51-49-47-45-43-41-39-37-35-33-31-29-27-25-23-21-19-17-15-13-11-9-7-2/h49,51,57,59,65,67,72-73,77H,6-48,50,52-56,58,60-64,66,68-71H2,1-5H3,(H-,75,78,79,80)/b51-49+,59-57+,67-65+. The van der Waals surface area contributed by atoms with Gasteiger partial charge in [0.05, 0.1) is 39.9 Å². The van der Waals surface area contributed by atoms with E-state index in [-0.39, 0.29) is 12.5 Å². The molecule has 3 atom stereocenters. The second-order valence-corrected chi connectivity index (χ2v) is 28.1. The van der Waals surface area contributed by atoms with Crippen molar-refractivity contribution in [2.24, 2.45) is 0 Å². The average molecular weight is 1190 g/mol.